The maximum Gasteiger partial charge on any atom is 0.0187 e. The van der Waals surface area contributed by atoms with Crippen molar-refractivity contribution in [2.45, 2.75) is 38.6 Å². The fourth-order valence-electron chi connectivity index (χ4n) is 2.72. The molecule has 0 amide bonds. The molecular formula is C12H22N2. The van der Waals surface area contributed by atoms with Crippen molar-refractivity contribution in [1.82, 2.24) is 9.80 Å². The predicted octanol–water partition coefficient (Wildman–Crippen LogP) is 2.08. The number of allylic oxidation sites excluding steroid dienone is 1. The molecule has 2 rings (SSSR count). The molecule has 2 heteroatoms. The molecule has 0 bridgehead atoms. The molecule has 0 aromatic heterocycles. The van der Waals surface area contributed by atoms with E-state index in [1.165, 1.54) is 51.9 Å². The summed E-state index contributed by atoms with van der Waals surface area (Å²) < 4.78 is 0. The minimum atomic E-state index is 0.888. The lowest BCUT2D eigenvalue weighted by Crippen LogP contribution is -2.41. The largest absolute Gasteiger partial charge is 0.378 e. The van der Waals surface area contributed by atoms with Gasteiger partial charge in [-0.25, -0.2) is 0 Å². The van der Waals surface area contributed by atoms with Gasteiger partial charge in [0.25, 0.3) is 0 Å². The quantitative estimate of drug-likeness (QED) is 0.664. The van der Waals surface area contributed by atoms with Crippen LogP contribution >= 0.6 is 0 Å². The second-order valence-corrected chi connectivity index (χ2v) is 4.49. The highest BCUT2D eigenvalue weighted by Gasteiger charge is 2.24. The van der Waals surface area contributed by atoms with Gasteiger partial charge in [-0.1, -0.05) is 6.08 Å². The van der Waals surface area contributed by atoms with Gasteiger partial charge in [-0.15, -0.1) is 0 Å². The van der Waals surface area contributed by atoms with Gasteiger partial charge in [0.05, 0.1) is 0 Å². The van der Waals surface area contributed by atoms with Crippen molar-refractivity contribution in [3.05, 3.63) is 12.3 Å². The molecule has 2 heterocycles. The first kappa shape index (κ1) is 10.0. The third-order valence-corrected chi connectivity index (χ3v) is 3.52. The van der Waals surface area contributed by atoms with Crippen molar-refractivity contribution in [3.8, 4) is 0 Å². The fraction of sp³-hybridized carbons (Fsp3) is 0.833. The van der Waals surface area contributed by atoms with E-state index in [0.717, 1.165) is 6.04 Å². The summed E-state index contributed by atoms with van der Waals surface area (Å²) in [5.41, 5.74) is 0. The molecule has 2 fully saturated rings. The zero-order valence-electron chi connectivity index (χ0n) is 9.28. The number of likely N-dealkylation sites (tertiary alicyclic amines) is 2. The van der Waals surface area contributed by atoms with Crippen LogP contribution in [0.15, 0.2) is 12.3 Å². The zero-order chi connectivity index (χ0) is 9.80. The molecule has 0 radical (unpaired) electrons. The van der Waals surface area contributed by atoms with Gasteiger partial charge in [0.2, 0.25) is 0 Å². The predicted molar refractivity (Wildman–Crippen MR) is 60.2 cm³/mol. The number of nitrogens with zero attached hydrogens (tertiary/aromatic N) is 2. The third kappa shape index (κ3) is 2.30. The summed E-state index contributed by atoms with van der Waals surface area (Å²) in [7, 11) is 0. The van der Waals surface area contributed by atoms with Crippen molar-refractivity contribution in [2.75, 3.05) is 26.2 Å². The number of hydrogen-bond donors (Lipinski definition) is 0. The van der Waals surface area contributed by atoms with Gasteiger partial charge >= 0.3 is 0 Å². The van der Waals surface area contributed by atoms with Crippen LogP contribution in [0.4, 0.5) is 0 Å². The summed E-state index contributed by atoms with van der Waals surface area (Å²) in [6, 6.07) is 0.888. The lowest BCUT2D eigenvalue weighted by Gasteiger charge is -2.36. The Kier molecular flexibility index (Phi) is 3.46. The number of piperidine rings is 1. The SMILES string of the molecule is CC=CN1CCC(N2CCCC2)CC1. The summed E-state index contributed by atoms with van der Waals surface area (Å²) in [6.07, 6.45) is 9.97. The molecule has 2 aliphatic heterocycles. The lowest BCUT2D eigenvalue weighted by atomic mass is 10.0. The van der Waals surface area contributed by atoms with E-state index in [0.29, 0.717) is 0 Å². The Hall–Kier alpha value is -0.500. The van der Waals surface area contributed by atoms with Gasteiger partial charge in [0.1, 0.15) is 0 Å². The number of hydrogen-bond acceptors (Lipinski definition) is 2. The van der Waals surface area contributed by atoms with Crippen molar-refractivity contribution in [2.24, 2.45) is 0 Å². The third-order valence-electron chi connectivity index (χ3n) is 3.52. The molecule has 0 atom stereocenters. The highest BCUT2D eigenvalue weighted by molar-refractivity contribution is 4.87. The van der Waals surface area contributed by atoms with E-state index in [1.54, 1.807) is 0 Å². The number of rotatable bonds is 2. The van der Waals surface area contributed by atoms with Gasteiger partial charge in [0.15, 0.2) is 0 Å². The molecule has 0 unspecified atom stereocenters. The van der Waals surface area contributed by atoms with Crippen LogP contribution in [0.5, 0.6) is 0 Å². The summed E-state index contributed by atoms with van der Waals surface area (Å²) in [5.74, 6) is 0. The van der Waals surface area contributed by atoms with E-state index >= 15 is 0 Å². The zero-order valence-corrected chi connectivity index (χ0v) is 9.28. The van der Waals surface area contributed by atoms with E-state index in [-0.39, 0.29) is 0 Å². The first-order chi connectivity index (χ1) is 6.90. The van der Waals surface area contributed by atoms with Crippen molar-refractivity contribution < 1.29 is 0 Å². The highest BCUT2D eigenvalue weighted by atomic mass is 15.2. The Morgan fingerprint density at radius 2 is 1.64 bits per heavy atom. The van der Waals surface area contributed by atoms with Crippen LogP contribution in [0.25, 0.3) is 0 Å². The molecule has 0 aromatic carbocycles. The van der Waals surface area contributed by atoms with Crippen LogP contribution < -0.4 is 0 Å². The van der Waals surface area contributed by atoms with E-state index in [1.807, 2.05) is 0 Å². The molecule has 0 N–H and O–H groups in total. The van der Waals surface area contributed by atoms with E-state index < -0.39 is 0 Å². The Balaban J connectivity index is 1.77. The average molecular weight is 194 g/mol. The second kappa shape index (κ2) is 4.83. The minimum Gasteiger partial charge on any atom is -0.378 e. The van der Waals surface area contributed by atoms with Crippen LogP contribution in [0.1, 0.15) is 32.6 Å². The molecule has 0 saturated carbocycles. The molecule has 0 aliphatic carbocycles. The fourth-order valence-corrected chi connectivity index (χ4v) is 2.72. The van der Waals surface area contributed by atoms with E-state index in [2.05, 4.69) is 29.0 Å². The van der Waals surface area contributed by atoms with Crippen LogP contribution in [-0.4, -0.2) is 42.0 Å². The van der Waals surface area contributed by atoms with Gasteiger partial charge in [-0.05, 0) is 51.9 Å². The first-order valence-corrected chi connectivity index (χ1v) is 6.01. The van der Waals surface area contributed by atoms with Crippen molar-refractivity contribution >= 4 is 0 Å². The standard InChI is InChI=1S/C12H22N2/c1-2-7-13-10-5-12(6-11-13)14-8-3-4-9-14/h2,7,12H,3-6,8-11H2,1H3. The lowest BCUT2D eigenvalue weighted by molar-refractivity contribution is 0.154. The summed E-state index contributed by atoms with van der Waals surface area (Å²) in [5, 5.41) is 0. The van der Waals surface area contributed by atoms with Gasteiger partial charge in [-0.3, -0.25) is 0 Å². The monoisotopic (exact) mass is 194 g/mol. The van der Waals surface area contributed by atoms with E-state index in [9.17, 15) is 0 Å². The molecule has 0 aromatic rings. The molecular weight excluding hydrogens is 172 g/mol. The maximum atomic E-state index is 2.70. The van der Waals surface area contributed by atoms with Gasteiger partial charge < -0.3 is 9.80 Å². The maximum absolute atomic E-state index is 2.70. The topological polar surface area (TPSA) is 6.48 Å². The molecule has 0 spiro atoms. The van der Waals surface area contributed by atoms with Gasteiger partial charge in [0, 0.05) is 19.1 Å². The van der Waals surface area contributed by atoms with Crippen LogP contribution in [0.3, 0.4) is 0 Å². The Labute approximate surface area is 87.6 Å². The van der Waals surface area contributed by atoms with E-state index in [4.69, 9.17) is 0 Å². The Bertz CT molecular complexity index is 186. The Morgan fingerprint density at radius 1 is 1.00 bits per heavy atom. The van der Waals surface area contributed by atoms with Crippen LogP contribution in [-0.2, 0) is 0 Å². The molecule has 2 saturated heterocycles. The molecule has 80 valence electrons. The Morgan fingerprint density at radius 3 is 2.21 bits per heavy atom. The summed E-state index contributed by atoms with van der Waals surface area (Å²) in [6.45, 7) is 7.33. The smallest absolute Gasteiger partial charge is 0.0187 e. The average Bonchev–Trinajstić information content (AvgIpc) is 2.72. The van der Waals surface area contributed by atoms with Crippen molar-refractivity contribution in [3.63, 3.8) is 0 Å². The van der Waals surface area contributed by atoms with Crippen LogP contribution in [0, 0.1) is 0 Å². The molecule has 2 aliphatic rings. The summed E-state index contributed by atoms with van der Waals surface area (Å²) in [4.78, 5) is 5.15. The second-order valence-electron chi connectivity index (χ2n) is 4.49. The highest BCUT2D eigenvalue weighted by Crippen LogP contribution is 2.20. The first-order valence-electron chi connectivity index (χ1n) is 6.01. The van der Waals surface area contributed by atoms with Gasteiger partial charge in [-0.2, -0.15) is 0 Å². The molecule has 14 heavy (non-hydrogen) atoms. The van der Waals surface area contributed by atoms with Crippen molar-refractivity contribution in [1.29, 1.82) is 0 Å². The van der Waals surface area contributed by atoms with Crippen LogP contribution in [0.2, 0.25) is 0 Å². The minimum absolute atomic E-state index is 0.888. The summed E-state index contributed by atoms with van der Waals surface area (Å²) >= 11 is 0. The molecule has 2 nitrogen and oxygen atoms in total. The normalized spacial score (nSPS) is 26.5.